The molecule has 0 bridgehead atoms. The lowest BCUT2D eigenvalue weighted by molar-refractivity contribution is -0.126. The van der Waals surface area contributed by atoms with Gasteiger partial charge in [-0.1, -0.05) is 18.2 Å². The van der Waals surface area contributed by atoms with Gasteiger partial charge in [-0.25, -0.2) is 4.79 Å². The van der Waals surface area contributed by atoms with Crippen LogP contribution in [0.4, 0.5) is 0 Å². The maximum Gasteiger partial charge on any atom is 0.338 e. The van der Waals surface area contributed by atoms with Crippen molar-refractivity contribution in [2.24, 2.45) is 5.41 Å². The fourth-order valence-electron chi connectivity index (χ4n) is 1.01. The fraction of sp³-hybridized carbons (Fsp3) is 0.385. The number of benzene rings is 1. The first-order valence-electron chi connectivity index (χ1n) is 5.17. The van der Waals surface area contributed by atoms with Gasteiger partial charge >= 0.3 is 5.97 Å². The predicted octanol–water partition coefficient (Wildman–Crippen LogP) is 2.46. The second-order valence-corrected chi connectivity index (χ2v) is 4.38. The number of rotatable bonds is 4. The molecule has 0 amide bonds. The molecule has 0 N–H and O–H groups in total. The molecule has 1 rings (SSSR count). The Bertz CT molecular complexity index is 379. The number of ether oxygens (including phenoxy) is 1. The van der Waals surface area contributed by atoms with E-state index in [0.29, 0.717) is 5.56 Å². The van der Waals surface area contributed by atoms with Crippen molar-refractivity contribution in [1.82, 2.24) is 0 Å². The van der Waals surface area contributed by atoms with Crippen molar-refractivity contribution in [2.45, 2.75) is 20.8 Å². The van der Waals surface area contributed by atoms with Crippen LogP contribution in [0.3, 0.4) is 0 Å². The molecule has 0 aliphatic heterocycles. The molecule has 0 heterocycles. The first-order valence-corrected chi connectivity index (χ1v) is 5.17. The van der Waals surface area contributed by atoms with E-state index in [1.165, 1.54) is 6.92 Å². The molecule has 0 aromatic heterocycles. The monoisotopic (exact) mass is 220 g/mol. The molecule has 86 valence electrons. The lowest BCUT2D eigenvalue weighted by atomic mass is 9.90. The van der Waals surface area contributed by atoms with Crippen molar-refractivity contribution in [3.05, 3.63) is 35.9 Å². The number of esters is 1. The summed E-state index contributed by atoms with van der Waals surface area (Å²) in [5.74, 6) is -0.386. The minimum atomic E-state index is -0.621. The van der Waals surface area contributed by atoms with Crippen LogP contribution in [0.15, 0.2) is 30.3 Å². The Morgan fingerprint density at radius 3 is 2.25 bits per heavy atom. The van der Waals surface area contributed by atoms with Gasteiger partial charge in [0, 0.05) is 0 Å². The molecule has 0 fully saturated rings. The van der Waals surface area contributed by atoms with E-state index in [0.717, 1.165) is 0 Å². The number of hydrogen-bond donors (Lipinski definition) is 0. The molecule has 0 atom stereocenters. The maximum absolute atomic E-state index is 11.6. The summed E-state index contributed by atoms with van der Waals surface area (Å²) in [5.41, 5.74) is -0.119. The van der Waals surface area contributed by atoms with E-state index in [1.807, 2.05) is 6.07 Å². The minimum Gasteiger partial charge on any atom is -0.461 e. The third-order valence-electron chi connectivity index (χ3n) is 2.53. The summed E-state index contributed by atoms with van der Waals surface area (Å²) in [6.07, 6.45) is 0. The van der Waals surface area contributed by atoms with Crippen LogP contribution in [0, 0.1) is 5.41 Å². The Morgan fingerprint density at radius 1 is 1.19 bits per heavy atom. The molecule has 0 saturated heterocycles. The third kappa shape index (κ3) is 3.19. The van der Waals surface area contributed by atoms with Crippen molar-refractivity contribution < 1.29 is 14.3 Å². The van der Waals surface area contributed by atoms with Crippen molar-refractivity contribution in [1.29, 1.82) is 0 Å². The van der Waals surface area contributed by atoms with Crippen molar-refractivity contribution in [3.63, 3.8) is 0 Å². The van der Waals surface area contributed by atoms with Gasteiger partial charge in [-0.3, -0.25) is 4.79 Å². The molecule has 0 aliphatic carbocycles. The highest BCUT2D eigenvalue weighted by Gasteiger charge is 2.25. The van der Waals surface area contributed by atoms with E-state index in [1.54, 1.807) is 38.1 Å². The number of ketones is 1. The molecule has 1 aromatic rings. The van der Waals surface area contributed by atoms with Gasteiger partial charge in [0.15, 0.2) is 0 Å². The van der Waals surface area contributed by atoms with Crippen LogP contribution in [0.2, 0.25) is 0 Å². The predicted molar refractivity (Wildman–Crippen MR) is 61.2 cm³/mol. The standard InChI is InChI=1S/C13H16O3/c1-10(14)13(2,3)9-16-12(15)11-7-5-4-6-8-11/h4-8H,9H2,1-3H3. The smallest absolute Gasteiger partial charge is 0.338 e. The number of hydrogen-bond acceptors (Lipinski definition) is 3. The van der Waals surface area contributed by atoms with Crippen LogP contribution in [0.5, 0.6) is 0 Å². The Hall–Kier alpha value is -1.64. The molecular formula is C13H16O3. The lowest BCUT2D eigenvalue weighted by Gasteiger charge is -2.20. The Balaban J connectivity index is 2.58. The highest BCUT2D eigenvalue weighted by atomic mass is 16.5. The summed E-state index contributed by atoms with van der Waals surface area (Å²) in [5, 5.41) is 0. The highest BCUT2D eigenvalue weighted by molar-refractivity contribution is 5.89. The topological polar surface area (TPSA) is 43.4 Å². The molecule has 0 spiro atoms. The van der Waals surface area contributed by atoms with Gasteiger partial charge in [0.2, 0.25) is 0 Å². The quantitative estimate of drug-likeness (QED) is 0.732. The summed E-state index contributed by atoms with van der Waals surface area (Å²) in [4.78, 5) is 22.8. The molecule has 16 heavy (non-hydrogen) atoms. The van der Waals surface area contributed by atoms with Gasteiger partial charge in [-0.05, 0) is 32.9 Å². The van der Waals surface area contributed by atoms with Gasteiger partial charge in [0.1, 0.15) is 12.4 Å². The SMILES string of the molecule is CC(=O)C(C)(C)COC(=O)c1ccccc1. The van der Waals surface area contributed by atoms with E-state index in [4.69, 9.17) is 4.74 Å². The van der Waals surface area contributed by atoms with Crippen molar-refractivity contribution in [2.75, 3.05) is 6.61 Å². The van der Waals surface area contributed by atoms with Crippen LogP contribution in [0.25, 0.3) is 0 Å². The number of Topliss-reactive ketones (excluding diaryl/α,β-unsaturated/α-hetero) is 1. The average Bonchev–Trinajstić information content (AvgIpc) is 2.27. The largest absolute Gasteiger partial charge is 0.461 e. The van der Waals surface area contributed by atoms with Crippen LogP contribution < -0.4 is 0 Å². The summed E-state index contributed by atoms with van der Waals surface area (Å²) >= 11 is 0. The first kappa shape index (κ1) is 12.4. The Kier molecular flexibility index (Phi) is 3.82. The van der Waals surface area contributed by atoms with Crippen LogP contribution in [-0.2, 0) is 9.53 Å². The van der Waals surface area contributed by atoms with Gasteiger partial charge in [-0.15, -0.1) is 0 Å². The molecule has 1 aromatic carbocycles. The zero-order valence-electron chi connectivity index (χ0n) is 9.82. The van der Waals surface area contributed by atoms with Crippen LogP contribution in [-0.4, -0.2) is 18.4 Å². The van der Waals surface area contributed by atoms with E-state index in [-0.39, 0.29) is 12.4 Å². The molecule has 0 saturated carbocycles. The van der Waals surface area contributed by atoms with Crippen LogP contribution >= 0.6 is 0 Å². The summed E-state index contributed by atoms with van der Waals surface area (Å²) in [6, 6.07) is 8.74. The van der Waals surface area contributed by atoms with Gasteiger partial charge in [0.25, 0.3) is 0 Å². The Labute approximate surface area is 95.4 Å². The normalized spacial score (nSPS) is 10.9. The van der Waals surface area contributed by atoms with Gasteiger partial charge in [-0.2, -0.15) is 0 Å². The van der Waals surface area contributed by atoms with Gasteiger partial charge in [0.05, 0.1) is 11.0 Å². The first-order chi connectivity index (χ1) is 7.43. The molecular weight excluding hydrogens is 204 g/mol. The zero-order chi connectivity index (χ0) is 12.2. The summed E-state index contributed by atoms with van der Waals surface area (Å²) in [6.45, 7) is 5.12. The van der Waals surface area contributed by atoms with Crippen LogP contribution in [0.1, 0.15) is 31.1 Å². The number of carbonyl (C=O) groups is 2. The lowest BCUT2D eigenvalue weighted by Crippen LogP contribution is -2.28. The van der Waals surface area contributed by atoms with E-state index < -0.39 is 11.4 Å². The minimum absolute atomic E-state index is 0.00774. The van der Waals surface area contributed by atoms with E-state index in [2.05, 4.69) is 0 Å². The second kappa shape index (κ2) is 4.92. The maximum atomic E-state index is 11.6. The van der Waals surface area contributed by atoms with Crippen molar-refractivity contribution >= 4 is 11.8 Å². The molecule has 3 heteroatoms. The zero-order valence-corrected chi connectivity index (χ0v) is 9.82. The molecule has 0 unspecified atom stereocenters. The molecule has 0 aliphatic rings. The highest BCUT2D eigenvalue weighted by Crippen LogP contribution is 2.17. The molecule has 0 radical (unpaired) electrons. The Morgan fingerprint density at radius 2 is 1.75 bits per heavy atom. The van der Waals surface area contributed by atoms with E-state index in [9.17, 15) is 9.59 Å². The van der Waals surface area contributed by atoms with E-state index >= 15 is 0 Å². The average molecular weight is 220 g/mol. The third-order valence-corrected chi connectivity index (χ3v) is 2.53. The number of carbonyl (C=O) groups excluding carboxylic acids is 2. The summed E-state index contributed by atoms with van der Waals surface area (Å²) in [7, 11) is 0. The molecule has 3 nitrogen and oxygen atoms in total. The van der Waals surface area contributed by atoms with Crippen molar-refractivity contribution in [3.8, 4) is 0 Å². The van der Waals surface area contributed by atoms with Gasteiger partial charge < -0.3 is 4.74 Å². The summed E-state index contributed by atoms with van der Waals surface area (Å²) < 4.78 is 5.09. The fourth-order valence-corrected chi connectivity index (χ4v) is 1.01. The second-order valence-electron chi connectivity index (χ2n) is 4.38.